The molecular formula is C25H25F2N5O6. The van der Waals surface area contributed by atoms with Crippen LogP contribution in [0.25, 0.3) is 0 Å². The Morgan fingerprint density at radius 2 is 2.08 bits per heavy atom. The van der Waals surface area contributed by atoms with Gasteiger partial charge in [0.1, 0.15) is 35.3 Å². The van der Waals surface area contributed by atoms with Crippen LogP contribution in [0.5, 0.6) is 5.75 Å². The smallest absolute Gasteiger partial charge is 0.277 e. The van der Waals surface area contributed by atoms with Gasteiger partial charge in [-0.2, -0.15) is 0 Å². The minimum atomic E-state index is -1.06. The van der Waals surface area contributed by atoms with Crippen molar-refractivity contribution in [1.29, 1.82) is 0 Å². The van der Waals surface area contributed by atoms with Crippen LogP contribution in [-0.4, -0.2) is 57.6 Å². The fourth-order valence-corrected chi connectivity index (χ4v) is 4.57. The van der Waals surface area contributed by atoms with E-state index in [2.05, 4.69) is 10.5 Å². The van der Waals surface area contributed by atoms with Crippen molar-refractivity contribution in [2.24, 2.45) is 0 Å². The molecule has 1 aromatic carbocycles. The van der Waals surface area contributed by atoms with Gasteiger partial charge in [0.15, 0.2) is 11.4 Å². The fraction of sp³-hybridized carbons (Fsp3) is 0.360. The molecule has 0 aliphatic carbocycles. The molecule has 4 heterocycles. The summed E-state index contributed by atoms with van der Waals surface area (Å²) in [5, 5.41) is 18.8. The number of carbonyl (C=O) groups excluding carboxylic acids is 2. The first kappa shape index (κ1) is 25.4. The molecule has 5 rings (SSSR count). The third kappa shape index (κ3) is 4.96. The van der Waals surface area contributed by atoms with Gasteiger partial charge in [0.05, 0.1) is 12.6 Å². The molecule has 13 heteroatoms. The van der Waals surface area contributed by atoms with Crippen molar-refractivity contribution in [3.63, 3.8) is 0 Å². The highest BCUT2D eigenvalue weighted by molar-refractivity contribution is 5.99. The van der Waals surface area contributed by atoms with Crippen LogP contribution in [0.1, 0.15) is 50.7 Å². The number of nitrogens with zero attached hydrogens (tertiary/aromatic N) is 4. The first-order valence-electron chi connectivity index (χ1n) is 12.0. The second-order valence-corrected chi connectivity index (χ2v) is 9.23. The van der Waals surface area contributed by atoms with Gasteiger partial charge < -0.3 is 24.6 Å². The maximum absolute atomic E-state index is 14.0. The van der Waals surface area contributed by atoms with Crippen LogP contribution >= 0.6 is 0 Å². The standard InChI is InChI=1S/C25H25F2N5O6/c1-14-7-17(29-38-14)10-31-13-30(11-18-3-2-6-37-18)25(36)21-23(34)22(33)19(12-32(21)31)24(35)28-9-15-4-5-16(26)8-20(15)27/h4-5,7-8,12,18,34H,2-3,6,9-11,13H2,1H3,(H,28,35). The van der Waals surface area contributed by atoms with Crippen LogP contribution in [0.2, 0.25) is 0 Å². The number of hydrogen-bond acceptors (Lipinski definition) is 8. The monoisotopic (exact) mass is 529 g/mol. The highest BCUT2D eigenvalue weighted by Gasteiger charge is 2.36. The number of aromatic nitrogens is 2. The van der Waals surface area contributed by atoms with Crippen LogP contribution in [0.4, 0.5) is 8.78 Å². The summed E-state index contributed by atoms with van der Waals surface area (Å²) in [5.74, 6) is -3.45. The Balaban J connectivity index is 1.47. The predicted octanol–water partition coefficient (Wildman–Crippen LogP) is 1.79. The number of pyridine rings is 1. The van der Waals surface area contributed by atoms with Gasteiger partial charge in [-0.3, -0.25) is 24.1 Å². The molecule has 1 unspecified atom stereocenters. The zero-order valence-corrected chi connectivity index (χ0v) is 20.4. The Labute approximate surface area is 215 Å². The molecule has 11 nitrogen and oxygen atoms in total. The molecule has 2 N–H and O–H groups in total. The molecule has 2 aliphatic rings. The van der Waals surface area contributed by atoms with Crippen LogP contribution in [0, 0.1) is 18.6 Å². The predicted molar refractivity (Wildman–Crippen MR) is 128 cm³/mol. The minimum Gasteiger partial charge on any atom is -0.502 e. The van der Waals surface area contributed by atoms with Gasteiger partial charge >= 0.3 is 0 Å². The number of halogens is 2. The number of fused-ring (bicyclic) bond motifs is 1. The molecule has 2 aromatic heterocycles. The lowest BCUT2D eigenvalue weighted by atomic mass is 10.1. The SMILES string of the molecule is Cc1cc(CN2CN(CC3CCCO3)C(=O)c3c(O)c(=O)c(C(=O)NCc4ccc(F)cc4F)cn32)no1. The van der Waals surface area contributed by atoms with E-state index in [0.717, 1.165) is 25.1 Å². The summed E-state index contributed by atoms with van der Waals surface area (Å²) < 4.78 is 39.2. The van der Waals surface area contributed by atoms with E-state index in [9.17, 15) is 28.3 Å². The van der Waals surface area contributed by atoms with Crippen LogP contribution < -0.4 is 15.8 Å². The summed E-state index contributed by atoms with van der Waals surface area (Å²) in [6.07, 6.45) is 2.63. The third-order valence-corrected chi connectivity index (χ3v) is 6.46. The number of carbonyl (C=O) groups is 2. The van der Waals surface area contributed by atoms with E-state index in [1.807, 2.05) is 0 Å². The van der Waals surface area contributed by atoms with Crippen molar-refractivity contribution in [3.8, 4) is 5.75 Å². The average molecular weight is 530 g/mol. The summed E-state index contributed by atoms with van der Waals surface area (Å²) in [6, 6.07) is 4.60. The zero-order valence-electron chi connectivity index (χ0n) is 20.4. The molecule has 1 atom stereocenters. The van der Waals surface area contributed by atoms with Gasteiger partial charge in [0, 0.05) is 43.6 Å². The van der Waals surface area contributed by atoms with E-state index in [1.165, 1.54) is 15.6 Å². The Hall–Kier alpha value is -4.26. The number of nitrogens with one attached hydrogen (secondary N) is 1. The number of benzene rings is 1. The quantitative estimate of drug-likeness (QED) is 0.474. The van der Waals surface area contributed by atoms with Crippen LogP contribution in [-0.2, 0) is 17.8 Å². The molecule has 0 saturated carbocycles. The number of hydrogen-bond donors (Lipinski definition) is 2. The lowest BCUT2D eigenvalue weighted by Gasteiger charge is -2.40. The number of aryl methyl sites for hydroxylation is 1. The lowest BCUT2D eigenvalue weighted by molar-refractivity contribution is 0.0454. The number of amides is 2. The first-order valence-corrected chi connectivity index (χ1v) is 12.0. The molecule has 2 amide bonds. The Bertz CT molecular complexity index is 1450. The molecular weight excluding hydrogens is 504 g/mol. The molecule has 38 heavy (non-hydrogen) atoms. The van der Waals surface area contributed by atoms with Crippen molar-refractivity contribution >= 4 is 11.8 Å². The molecule has 0 bridgehead atoms. The van der Waals surface area contributed by atoms with Crippen molar-refractivity contribution in [1.82, 2.24) is 20.0 Å². The largest absolute Gasteiger partial charge is 0.502 e. The van der Waals surface area contributed by atoms with E-state index in [0.29, 0.717) is 24.1 Å². The van der Waals surface area contributed by atoms with Gasteiger partial charge in [-0.1, -0.05) is 11.2 Å². The van der Waals surface area contributed by atoms with E-state index in [4.69, 9.17) is 9.26 Å². The Morgan fingerprint density at radius 3 is 2.76 bits per heavy atom. The van der Waals surface area contributed by atoms with Gasteiger partial charge in [0.25, 0.3) is 11.8 Å². The topological polar surface area (TPSA) is 130 Å². The lowest BCUT2D eigenvalue weighted by Crippen LogP contribution is -2.55. The summed E-state index contributed by atoms with van der Waals surface area (Å²) in [7, 11) is 0. The summed E-state index contributed by atoms with van der Waals surface area (Å²) >= 11 is 0. The van der Waals surface area contributed by atoms with E-state index < -0.39 is 40.2 Å². The summed E-state index contributed by atoms with van der Waals surface area (Å²) in [6.45, 7) is 2.43. The maximum atomic E-state index is 14.0. The first-order chi connectivity index (χ1) is 18.2. The van der Waals surface area contributed by atoms with Crippen molar-refractivity contribution < 1.29 is 32.7 Å². The van der Waals surface area contributed by atoms with Gasteiger partial charge in [-0.25, -0.2) is 8.78 Å². The number of aromatic hydroxyl groups is 1. The second kappa shape index (κ2) is 10.2. The number of rotatable bonds is 7. The van der Waals surface area contributed by atoms with E-state index in [1.54, 1.807) is 18.0 Å². The normalized spacial score (nSPS) is 17.1. The van der Waals surface area contributed by atoms with Crippen molar-refractivity contribution in [2.75, 3.05) is 24.8 Å². The molecule has 1 saturated heterocycles. The van der Waals surface area contributed by atoms with E-state index >= 15 is 0 Å². The number of ether oxygens (including phenoxy) is 1. The summed E-state index contributed by atoms with van der Waals surface area (Å²) in [4.78, 5) is 40.7. The zero-order chi connectivity index (χ0) is 27.0. The van der Waals surface area contributed by atoms with Gasteiger partial charge in [0.2, 0.25) is 5.43 Å². The minimum absolute atomic E-state index is 0.00464. The molecule has 1 fully saturated rings. The third-order valence-electron chi connectivity index (χ3n) is 6.46. The highest BCUT2D eigenvalue weighted by Crippen LogP contribution is 2.24. The van der Waals surface area contributed by atoms with E-state index in [-0.39, 0.29) is 43.7 Å². The summed E-state index contributed by atoms with van der Waals surface area (Å²) in [5.41, 5.74) is -1.30. The molecule has 0 radical (unpaired) electrons. The van der Waals surface area contributed by atoms with Crippen LogP contribution in [0.15, 0.2) is 39.8 Å². The van der Waals surface area contributed by atoms with Gasteiger partial charge in [-0.05, 0) is 25.8 Å². The Morgan fingerprint density at radius 1 is 1.26 bits per heavy atom. The highest BCUT2D eigenvalue weighted by atomic mass is 19.1. The van der Waals surface area contributed by atoms with Crippen molar-refractivity contribution in [3.05, 3.63) is 80.6 Å². The molecule has 0 spiro atoms. The molecule has 200 valence electrons. The Kier molecular flexibility index (Phi) is 6.85. The van der Waals surface area contributed by atoms with Crippen molar-refractivity contribution in [2.45, 2.75) is 39.0 Å². The molecule has 2 aliphatic heterocycles. The fourth-order valence-electron chi connectivity index (χ4n) is 4.57. The second-order valence-electron chi connectivity index (χ2n) is 9.23. The molecule has 3 aromatic rings. The van der Waals surface area contributed by atoms with Gasteiger partial charge in [-0.15, -0.1) is 0 Å². The van der Waals surface area contributed by atoms with Crippen LogP contribution in [0.3, 0.4) is 0 Å². The average Bonchev–Trinajstić information content (AvgIpc) is 3.54. The maximum Gasteiger partial charge on any atom is 0.277 e.